The van der Waals surface area contributed by atoms with Crippen LogP contribution in [0.1, 0.15) is 37.6 Å². The number of ketones is 1. The molecule has 2 heterocycles. The molecule has 3 aromatic rings. The number of H-pyrrole nitrogens is 1. The second-order valence-corrected chi connectivity index (χ2v) is 8.27. The fourth-order valence-electron chi connectivity index (χ4n) is 4.30. The van der Waals surface area contributed by atoms with Gasteiger partial charge < -0.3 is 14.8 Å². The molecule has 0 bridgehead atoms. The number of para-hydroxylation sites is 1. The zero-order valence-electron chi connectivity index (χ0n) is 18.1. The highest BCUT2D eigenvalue weighted by Gasteiger charge is 2.45. The van der Waals surface area contributed by atoms with Gasteiger partial charge in [-0.05, 0) is 43.2 Å². The third-order valence-electron chi connectivity index (χ3n) is 5.67. The molecule has 2 aromatic carbocycles. The number of aromatic amines is 1. The van der Waals surface area contributed by atoms with E-state index in [1.54, 1.807) is 31.4 Å². The monoisotopic (exact) mass is 418 g/mol. The van der Waals surface area contributed by atoms with Gasteiger partial charge in [0.15, 0.2) is 11.5 Å². The maximum atomic E-state index is 13.2. The standard InChI is InChI=1S/C25H26N2O4/c1-14(2)13-20(28)22-23(21-15(3)26-19-8-6-5-7-18(19)21)27(25(30)24(22)29)16-9-11-17(31-4)12-10-16/h5-12,14,23,26,29H,13H2,1-4H3. The minimum absolute atomic E-state index is 0.0997. The number of nitrogens with zero attached hydrogens (tertiary/aromatic N) is 1. The van der Waals surface area contributed by atoms with E-state index in [0.717, 1.165) is 22.2 Å². The van der Waals surface area contributed by atoms with Crippen molar-refractivity contribution in [1.29, 1.82) is 0 Å². The number of carbonyl (C=O) groups is 2. The summed E-state index contributed by atoms with van der Waals surface area (Å²) in [5.41, 5.74) is 3.32. The van der Waals surface area contributed by atoms with Crippen molar-refractivity contribution in [1.82, 2.24) is 4.98 Å². The van der Waals surface area contributed by atoms with Gasteiger partial charge in [0, 0.05) is 34.3 Å². The number of anilines is 1. The number of hydrogen-bond acceptors (Lipinski definition) is 4. The van der Waals surface area contributed by atoms with Crippen molar-refractivity contribution in [3.05, 3.63) is 71.1 Å². The molecular weight excluding hydrogens is 392 g/mol. The molecule has 6 nitrogen and oxygen atoms in total. The number of aryl methyl sites for hydroxylation is 1. The molecule has 1 aliphatic heterocycles. The molecule has 1 aliphatic rings. The first-order chi connectivity index (χ1) is 14.8. The van der Waals surface area contributed by atoms with E-state index in [4.69, 9.17) is 4.74 Å². The Kier molecular flexibility index (Phi) is 5.31. The Labute approximate surface area is 181 Å². The number of fused-ring (bicyclic) bond motifs is 1. The van der Waals surface area contributed by atoms with E-state index in [9.17, 15) is 14.7 Å². The van der Waals surface area contributed by atoms with Gasteiger partial charge >= 0.3 is 0 Å². The van der Waals surface area contributed by atoms with Crippen LogP contribution in [0.25, 0.3) is 10.9 Å². The number of benzene rings is 2. The van der Waals surface area contributed by atoms with E-state index >= 15 is 0 Å². The van der Waals surface area contributed by atoms with Gasteiger partial charge in [0.25, 0.3) is 5.91 Å². The van der Waals surface area contributed by atoms with Gasteiger partial charge in [0.1, 0.15) is 5.75 Å². The average molecular weight is 418 g/mol. The van der Waals surface area contributed by atoms with E-state index in [-0.39, 0.29) is 23.7 Å². The predicted octanol–water partition coefficient (Wildman–Crippen LogP) is 5.00. The highest BCUT2D eigenvalue weighted by molar-refractivity contribution is 6.17. The average Bonchev–Trinajstić information content (AvgIpc) is 3.20. The molecular formula is C25H26N2O4. The fourth-order valence-corrected chi connectivity index (χ4v) is 4.30. The molecule has 1 unspecified atom stereocenters. The summed E-state index contributed by atoms with van der Waals surface area (Å²) in [5, 5.41) is 11.8. The molecule has 1 atom stereocenters. The Morgan fingerprint density at radius 3 is 2.48 bits per heavy atom. The summed E-state index contributed by atoms with van der Waals surface area (Å²) >= 11 is 0. The normalized spacial score (nSPS) is 16.6. The first-order valence-electron chi connectivity index (χ1n) is 10.3. The molecule has 0 saturated carbocycles. The first-order valence-corrected chi connectivity index (χ1v) is 10.3. The lowest BCUT2D eigenvalue weighted by atomic mass is 9.90. The number of carbonyl (C=O) groups excluding carboxylic acids is 2. The van der Waals surface area contributed by atoms with Gasteiger partial charge in [-0.25, -0.2) is 0 Å². The largest absolute Gasteiger partial charge is 0.503 e. The Hall–Kier alpha value is -3.54. The van der Waals surface area contributed by atoms with E-state index < -0.39 is 17.7 Å². The van der Waals surface area contributed by atoms with E-state index in [2.05, 4.69) is 4.98 Å². The number of methoxy groups -OCH3 is 1. The Bertz CT molecular complexity index is 1190. The van der Waals surface area contributed by atoms with Crippen molar-refractivity contribution < 1.29 is 19.4 Å². The van der Waals surface area contributed by atoms with Gasteiger partial charge in [-0.15, -0.1) is 0 Å². The lowest BCUT2D eigenvalue weighted by molar-refractivity contribution is -0.118. The minimum Gasteiger partial charge on any atom is -0.503 e. The number of hydrogen-bond donors (Lipinski definition) is 2. The van der Waals surface area contributed by atoms with Crippen molar-refractivity contribution in [3.63, 3.8) is 0 Å². The number of aromatic nitrogens is 1. The topological polar surface area (TPSA) is 82.6 Å². The van der Waals surface area contributed by atoms with Crippen LogP contribution in [0.2, 0.25) is 0 Å². The summed E-state index contributed by atoms with van der Waals surface area (Å²) in [4.78, 5) is 31.3. The maximum Gasteiger partial charge on any atom is 0.294 e. The van der Waals surface area contributed by atoms with Crippen LogP contribution in [0.15, 0.2) is 59.9 Å². The SMILES string of the molecule is COc1ccc(N2C(=O)C(O)=C(C(=O)CC(C)C)C2c2c(C)[nH]c3ccccc23)cc1. The number of ether oxygens (including phenoxy) is 1. The summed E-state index contributed by atoms with van der Waals surface area (Å²) < 4.78 is 5.24. The smallest absolute Gasteiger partial charge is 0.294 e. The molecule has 1 amide bonds. The van der Waals surface area contributed by atoms with Crippen molar-refractivity contribution in [2.75, 3.05) is 12.0 Å². The third kappa shape index (κ3) is 3.48. The zero-order chi connectivity index (χ0) is 22.3. The molecule has 6 heteroatoms. The molecule has 4 rings (SSSR count). The highest BCUT2D eigenvalue weighted by Crippen LogP contribution is 2.45. The van der Waals surface area contributed by atoms with Crippen LogP contribution in [-0.4, -0.2) is 28.9 Å². The fraction of sp³-hybridized carbons (Fsp3) is 0.280. The van der Waals surface area contributed by atoms with Crippen molar-refractivity contribution in [3.8, 4) is 5.75 Å². The lowest BCUT2D eigenvalue weighted by Gasteiger charge is -2.27. The van der Waals surface area contributed by atoms with Crippen LogP contribution in [0.5, 0.6) is 5.75 Å². The van der Waals surface area contributed by atoms with Crippen LogP contribution in [-0.2, 0) is 9.59 Å². The van der Waals surface area contributed by atoms with Crippen LogP contribution in [0, 0.1) is 12.8 Å². The van der Waals surface area contributed by atoms with Crippen LogP contribution in [0.3, 0.4) is 0 Å². The number of Topliss-reactive ketones (excluding diaryl/α,β-unsaturated/α-hetero) is 1. The van der Waals surface area contributed by atoms with Gasteiger partial charge in [0.05, 0.1) is 18.7 Å². The quantitative estimate of drug-likeness (QED) is 0.590. The van der Waals surface area contributed by atoms with Crippen molar-refractivity contribution in [2.24, 2.45) is 5.92 Å². The zero-order valence-corrected chi connectivity index (χ0v) is 18.1. The van der Waals surface area contributed by atoms with E-state index in [1.807, 2.05) is 45.0 Å². The molecule has 0 fully saturated rings. The van der Waals surface area contributed by atoms with Crippen molar-refractivity contribution in [2.45, 2.75) is 33.2 Å². The predicted molar refractivity (Wildman–Crippen MR) is 120 cm³/mol. The van der Waals surface area contributed by atoms with Crippen LogP contribution < -0.4 is 9.64 Å². The number of aliphatic hydroxyl groups excluding tert-OH is 1. The Morgan fingerprint density at radius 2 is 1.84 bits per heavy atom. The number of amides is 1. The Balaban J connectivity index is 1.93. The number of nitrogens with one attached hydrogen (secondary N) is 1. The summed E-state index contributed by atoms with van der Waals surface area (Å²) in [6.45, 7) is 5.81. The van der Waals surface area contributed by atoms with E-state index in [0.29, 0.717) is 11.4 Å². The molecule has 31 heavy (non-hydrogen) atoms. The molecule has 0 aliphatic carbocycles. The lowest BCUT2D eigenvalue weighted by Crippen LogP contribution is -2.31. The number of aliphatic hydroxyl groups is 1. The summed E-state index contributed by atoms with van der Waals surface area (Å²) in [6.07, 6.45) is 0.251. The van der Waals surface area contributed by atoms with Gasteiger partial charge in [-0.3, -0.25) is 14.5 Å². The van der Waals surface area contributed by atoms with Crippen LogP contribution in [0.4, 0.5) is 5.69 Å². The van der Waals surface area contributed by atoms with Crippen LogP contribution >= 0.6 is 0 Å². The summed E-state index contributed by atoms with van der Waals surface area (Å²) in [5.74, 6) is -0.513. The summed E-state index contributed by atoms with van der Waals surface area (Å²) in [6, 6.07) is 14.1. The van der Waals surface area contributed by atoms with Gasteiger partial charge in [-0.1, -0.05) is 32.0 Å². The van der Waals surface area contributed by atoms with Gasteiger partial charge in [0.2, 0.25) is 0 Å². The molecule has 0 spiro atoms. The molecule has 160 valence electrons. The molecule has 2 N–H and O–H groups in total. The summed E-state index contributed by atoms with van der Waals surface area (Å²) in [7, 11) is 1.57. The molecule has 0 radical (unpaired) electrons. The van der Waals surface area contributed by atoms with E-state index in [1.165, 1.54) is 4.90 Å². The second kappa shape index (κ2) is 7.95. The van der Waals surface area contributed by atoms with Gasteiger partial charge in [-0.2, -0.15) is 0 Å². The molecule has 0 saturated heterocycles. The first kappa shape index (κ1) is 20.7. The Morgan fingerprint density at radius 1 is 1.16 bits per heavy atom. The number of rotatable bonds is 6. The highest BCUT2D eigenvalue weighted by atomic mass is 16.5. The third-order valence-corrected chi connectivity index (χ3v) is 5.67. The second-order valence-electron chi connectivity index (χ2n) is 8.27. The van der Waals surface area contributed by atoms with Crippen molar-refractivity contribution >= 4 is 28.3 Å². The maximum absolute atomic E-state index is 13.2. The minimum atomic E-state index is -0.719. The molecule has 1 aromatic heterocycles.